The lowest BCUT2D eigenvalue weighted by Gasteiger charge is -2.17. The number of hydrogen-bond donors (Lipinski definition) is 2. The molecule has 0 aliphatic heterocycles. The molecule has 1 aromatic rings. The van der Waals surface area contributed by atoms with Crippen molar-refractivity contribution in [1.29, 1.82) is 0 Å². The molecule has 0 aromatic heterocycles. The third-order valence-electron chi connectivity index (χ3n) is 2.89. The molecule has 0 saturated heterocycles. The van der Waals surface area contributed by atoms with Crippen molar-refractivity contribution in [1.82, 2.24) is 5.32 Å². The first-order valence-electron chi connectivity index (χ1n) is 5.78. The Morgan fingerprint density at radius 3 is 2.40 bits per heavy atom. The standard InChI is InChI=1S/C13H14F3NO3/c1-7-4-3-5-9(8(7)2)11(18)17-10(12(19)20)6-13(14,15)16/h3-5,10H,6H2,1-2H3,(H,17,18)(H,19,20). The maximum atomic E-state index is 12.2. The van der Waals surface area contributed by atoms with Crippen molar-refractivity contribution >= 4 is 11.9 Å². The Bertz CT molecular complexity index is 526. The molecule has 0 aliphatic carbocycles. The fourth-order valence-electron chi connectivity index (χ4n) is 1.66. The number of alkyl halides is 3. The van der Waals surface area contributed by atoms with E-state index < -0.39 is 30.5 Å². The van der Waals surface area contributed by atoms with Crippen LogP contribution < -0.4 is 5.32 Å². The molecule has 110 valence electrons. The summed E-state index contributed by atoms with van der Waals surface area (Å²) in [6, 6.07) is 2.76. The average molecular weight is 289 g/mol. The molecule has 4 nitrogen and oxygen atoms in total. The molecule has 0 heterocycles. The smallest absolute Gasteiger partial charge is 0.391 e. The predicted molar refractivity (Wildman–Crippen MR) is 65.5 cm³/mol. The van der Waals surface area contributed by atoms with Crippen molar-refractivity contribution in [3.8, 4) is 0 Å². The van der Waals surface area contributed by atoms with E-state index in [1.54, 1.807) is 26.0 Å². The highest BCUT2D eigenvalue weighted by molar-refractivity contribution is 5.98. The van der Waals surface area contributed by atoms with Gasteiger partial charge in [-0.1, -0.05) is 12.1 Å². The largest absolute Gasteiger partial charge is 0.480 e. The summed E-state index contributed by atoms with van der Waals surface area (Å²) in [5.41, 5.74) is 1.56. The van der Waals surface area contributed by atoms with Crippen molar-refractivity contribution in [3.05, 3.63) is 34.9 Å². The Hall–Kier alpha value is -2.05. The highest BCUT2D eigenvalue weighted by Gasteiger charge is 2.36. The van der Waals surface area contributed by atoms with Gasteiger partial charge < -0.3 is 10.4 Å². The fourth-order valence-corrected chi connectivity index (χ4v) is 1.66. The van der Waals surface area contributed by atoms with Crippen LogP contribution in [0.5, 0.6) is 0 Å². The Labute approximate surface area is 113 Å². The summed E-state index contributed by atoms with van der Waals surface area (Å²) in [5, 5.41) is 10.6. The lowest BCUT2D eigenvalue weighted by Crippen LogP contribution is -2.43. The molecular formula is C13H14F3NO3. The van der Waals surface area contributed by atoms with Gasteiger partial charge in [-0.15, -0.1) is 0 Å². The minimum atomic E-state index is -4.67. The van der Waals surface area contributed by atoms with Gasteiger partial charge in [0.15, 0.2) is 0 Å². The topological polar surface area (TPSA) is 66.4 Å². The lowest BCUT2D eigenvalue weighted by atomic mass is 10.0. The van der Waals surface area contributed by atoms with Gasteiger partial charge >= 0.3 is 12.1 Å². The third-order valence-corrected chi connectivity index (χ3v) is 2.89. The maximum absolute atomic E-state index is 12.2. The van der Waals surface area contributed by atoms with Crippen LogP contribution in [-0.2, 0) is 4.79 Å². The molecule has 0 fully saturated rings. The van der Waals surface area contributed by atoms with Gasteiger partial charge in [-0.25, -0.2) is 4.79 Å². The number of benzene rings is 1. The zero-order valence-corrected chi connectivity index (χ0v) is 10.9. The van der Waals surface area contributed by atoms with Crippen molar-refractivity contribution < 1.29 is 27.9 Å². The normalized spacial score (nSPS) is 12.8. The zero-order valence-electron chi connectivity index (χ0n) is 10.9. The van der Waals surface area contributed by atoms with Gasteiger partial charge in [0.1, 0.15) is 6.04 Å². The summed E-state index contributed by atoms with van der Waals surface area (Å²) in [7, 11) is 0. The highest BCUT2D eigenvalue weighted by atomic mass is 19.4. The number of halogens is 3. The summed E-state index contributed by atoms with van der Waals surface area (Å²) in [6.07, 6.45) is -6.28. The Morgan fingerprint density at radius 1 is 1.30 bits per heavy atom. The zero-order chi connectivity index (χ0) is 15.5. The molecule has 7 heteroatoms. The number of aryl methyl sites for hydroxylation is 1. The monoisotopic (exact) mass is 289 g/mol. The SMILES string of the molecule is Cc1cccc(C(=O)NC(CC(F)(F)F)C(=O)O)c1C. The number of rotatable bonds is 4. The van der Waals surface area contributed by atoms with E-state index in [-0.39, 0.29) is 5.56 Å². The van der Waals surface area contributed by atoms with E-state index in [1.165, 1.54) is 6.07 Å². The Balaban J connectivity index is 2.92. The first-order chi connectivity index (χ1) is 9.11. The number of carbonyl (C=O) groups is 2. The summed E-state index contributed by atoms with van der Waals surface area (Å²) in [5.74, 6) is -2.55. The van der Waals surface area contributed by atoms with E-state index in [9.17, 15) is 22.8 Å². The second-order valence-corrected chi connectivity index (χ2v) is 4.43. The summed E-state index contributed by atoms with van der Waals surface area (Å²) >= 11 is 0. The van der Waals surface area contributed by atoms with Gasteiger partial charge in [-0.2, -0.15) is 13.2 Å². The van der Waals surface area contributed by atoms with Crippen molar-refractivity contribution in [2.24, 2.45) is 0 Å². The van der Waals surface area contributed by atoms with Crippen LogP contribution >= 0.6 is 0 Å². The van der Waals surface area contributed by atoms with Crippen molar-refractivity contribution in [2.45, 2.75) is 32.5 Å². The maximum Gasteiger partial charge on any atom is 0.391 e. The van der Waals surface area contributed by atoms with Crippen LogP contribution in [0.4, 0.5) is 13.2 Å². The van der Waals surface area contributed by atoms with Gasteiger partial charge in [0, 0.05) is 5.56 Å². The molecule has 1 rings (SSSR count). The number of carbonyl (C=O) groups excluding carboxylic acids is 1. The van der Waals surface area contributed by atoms with E-state index in [1.807, 2.05) is 5.32 Å². The van der Waals surface area contributed by atoms with Gasteiger partial charge in [-0.3, -0.25) is 4.79 Å². The number of carboxylic acids is 1. The van der Waals surface area contributed by atoms with Crippen LogP contribution in [-0.4, -0.2) is 29.2 Å². The molecule has 1 unspecified atom stereocenters. The summed E-state index contributed by atoms with van der Waals surface area (Å²) in [4.78, 5) is 22.7. The van der Waals surface area contributed by atoms with Crippen LogP contribution in [0.25, 0.3) is 0 Å². The van der Waals surface area contributed by atoms with Crippen LogP contribution in [0, 0.1) is 13.8 Å². The molecule has 20 heavy (non-hydrogen) atoms. The minimum absolute atomic E-state index is 0.165. The lowest BCUT2D eigenvalue weighted by molar-refractivity contribution is -0.157. The summed E-state index contributed by atoms with van der Waals surface area (Å²) < 4.78 is 36.7. The Morgan fingerprint density at radius 2 is 1.90 bits per heavy atom. The van der Waals surface area contributed by atoms with Crippen LogP contribution in [0.15, 0.2) is 18.2 Å². The van der Waals surface area contributed by atoms with E-state index >= 15 is 0 Å². The fraction of sp³-hybridized carbons (Fsp3) is 0.385. The third kappa shape index (κ3) is 4.25. The molecule has 0 radical (unpaired) electrons. The highest BCUT2D eigenvalue weighted by Crippen LogP contribution is 2.22. The minimum Gasteiger partial charge on any atom is -0.480 e. The van der Waals surface area contributed by atoms with Crippen LogP contribution in [0.1, 0.15) is 27.9 Å². The van der Waals surface area contributed by atoms with Crippen molar-refractivity contribution in [2.75, 3.05) is 0 Å². The molecule has 0 spiro atoms. The molecule has 2 N–H and O–H groups in total. The average Bonchev–Trinajstić information content (AvgIpc) is 2.29. The Kier molecular flexibility index (Phi) is 4.75. The molecule has 0 saturated carbocycles. The van der Waals surface area contributed by atoms with E-state index in [0.717, 1.165) is 5.56 Å². The first kappa shape index (κ1) is 16.0. The molecule has 0 bridgehead atoms. The van der Waals surface area contributed by atoms with E-state index in [2.05, 4.69) is 0 Å². The molecule has 0 aliphatic rings. The number of hydrogen-bond acceptors (Lipinski definition) is 2. The number of nitrogens with one attached hydrogen (secondary N) is 1. The predicted octanol–water partition coefficient (Wildman–Crippen LogP) is 2.44. The second kappa shape index (κ2) is 5.94. The molecule has 1 atom stereocenters. The van der Waals surface area contributed by atoms with Crippen LogP contribution in [0.2, 0.25) is 0 Å². The van der Waals surface area contributed by atoms with E-state index in [0.29, 0.717) is 5.56 Å². The first-order valence-corrected chi connectivity index (χ1v) is 5.78. The van der Waals surface area contributed by atoms with E-state index in [4.69, 9.17) is 5.11 Å². The van der Waals surface area contributed by atoms with Gasteiger partial charge in [-0.05, 0) is 31.0 Å². The van der Waals surface area contributed by atoms with Gasteiger partial charge in [0.05, 0.1) is 6.42 Å². The molecule has 1 amide bonds. The quantitative estimate of drug-likeness (QED) is 0.894. The van der Waals surface area contributed by atoms with Gasteiger partial charge in [0.2, 0.25) is 0 Å². The second-order valence-electron chi connectivity index (χ2n) is 4.43. The summed E-state index contributed by atoms with van der Waals surface area (Å²) in [6.45, 7) is 3.39. The number of aliphatic carboxylic acids is 1. The van der Waals surface area contributed by atoms with Gasteiger partial charge in [0.25, 0.3) is 5.91 Å². The van der Waals surface area contributed by atoms with Crippen LogP contribution in [0.3, 0.4) is 0 Å². The molecular weight excluding hydrogens is 275 g/mol. The number of carboxylic acid groups (broad SMARTS) is 1. The number of amides is 1. The molecule has 1 aromatic carbocycles. The van der Waals surface area contributed by atoms with Crippen molar-refractivity contribution in [3.63, 3.8) is 0 Å².